The van der Waals surface area contributed by atoms with Crippen molar-refractivity contribution in [2.24, 2.45) is 5.14 Å². The predicted octanol–water partition coefficient (Wildman–Crippen LogP) is 1.72. The van der Waals surface area contributed by atoms with Crippen molar-refractivity contribution >= 4 is 15.9 Å². The average Bonchev–Trinajstić information content (AvgIpc) is 2.61. The summed E-state index contributed by atoms with van der Waals surface area (Å²) in [7, 11) is -3.85. The van der Waals surface area contributed by atoms with Gasteiger partial charge in [-0.05, 0) is 30.3 Å². The Morgan fingerprint density at radius 3 is 2.46 bits per heavy atom. The van der Waals surface area contributed by atoms with Gasteiger partial charge in [0.2, 0.25) is 10.0 Å². The molecule has 1 amide bonds. The molecule has 0 unspecified atom stereocenters. The lowest BCUT2D eigenvalue weighted by Crippen LogP contribution is -2.41. The Kier molecular flexibility index (Phi) is 5.15. The second-order valence-electron chi connectivity index (χ2n) is 6.18. The van der Waals surface area contributed by atoms with Gasteiger partial charge in [0.25, 0.3) is 5.91 Å². The van der Waals surface area contributed by atoms with Gasteiger partial charge in [-0.25, -0.2) is 13.6 Å². The van der Waals surface area contributed by atoms with Crippen molar-refractivity contribution in [1.29, 1.82) is 0 Å². The highest BCUT2D eigenvalue weighted by Gasteiger charge is 2.25. The summed E-state index contributed by atoms with van der Waals surface area (Å²) in [5.41, 5.74) is 0.295. The number of phenols is 1. The van der Waals surface area contributed by atoms with E-state index in [1.807, 2.05) is 0 Å². The van der Waals surface area contributed by atoms with Crippen LogP contribution in [0.15, 0.2) is 53.4 Å². The first-order valence-corrected chi connectivity index (χ1v) is 9.75. The van der Waals surface area contributed by atoms with Crippen molar-refractivity contribution in [2.45, 2.75) is 23.8 Å². The van der Waals surface area contributed by atoms with Gasteiger partial charge >= 0.3 is 0 Å². The summed E-state index contributed by atoms with van der Waals surface area (Å²) >= 11 is 0. The van der Waals surface area contributed by atoms with Gasteiger partial charge in [0.1, 0.15) is 17.6 Å². The number of amides is 1. The van der Waals surface area contributed by atoms with Gasteiger partial charge < -0.3 is 14.7 Å². The number of aromatic hydroxyl groups is 1. The molecule has 0 radical (unpaired) electrons. The maximum absolute atomic E-state index is 12.6. The molecule has 3 rings (SSSR count). The number of sulfonamides is 1. The molecule has 0 atom stereocenters. The molecule has 1 heterocycles. The molecule has 138 valence electrons. The number of rotatable bonds is 4. The molecule has 0 bridgehead atoms. The van der Waals surface area contributed by atoms with Gasteiger partial charge in [0, 0.05) is 37.6 Å². The highest BCUT2D eigenvalue weighted by Crippen LogP contribution is 2.23. The molecule has 0 saturated carbocycles. The van der Waals surface area contributed by atoms with Crippen LogP contribution >= 0.6 is 0 Å². The van der Waals surface area contributed by atoms with Gasteiger partial charge in [-0.3, -0.25) is 4.79 Å². The zero-order chi connectivity index (χ0) is 18.7. The summed E-state index contributed by atoms with van der Waals surface area (Å²) in [6, 6.07) is 12.4. The van der Waals surface area contributed by atoms with E-state index in [-0.39, 0.29) is 22.7 Å². The molecule has 1 aliphatic heterocycles. The third kappa shape index (κ3) is 4.33. The normalized spacial score (nSPS) is 15.7. The fourth-order valence-corrected chi connectivity index (χ4v) is 3.47. The number of carbonyl (C=O) groups is 1. The summed E-state index contributed by atoms with van der Waals surface area (Å²) in [5.74, 6) is 0.506. The van der Waals surface area contributed by atoms with E-state index < -0.39 is 10.0 Å². The molecular formula is C18H20N2O5S. The van der Waals surface area contributed by atoms with E-state index in [0.29, 0.717) is 37.2 Å². The molecule has 26 heavy (non-hydrogen) atoms. The fraction of sp³-hybridized carbons (Fsp3) is 0.278. The molecule has 2 aromatic rings. The van der Waals surface area contributed by atoms with Crippen LogP contribution in [0.1, 0.15) is 23.2 Å². The minimum atomic E-state index is -3.85. The number of benzene rings is 2. The van der Waals surface area contributed by atoms with Crippen molar-refractivity contribution < 1.29 is 23.1 Å². The van der Waals surface area contributed by atoms with Crippen LogP contribution in [0.5, 0.6) is 11.5 Å². The van der Waals surface area contributed by atoms with Crippen LogP contribution in [0.4, 0.5) is 0 Å². The summed E-state index contributed by atoms with van der Waals surface area (Å²) in [6.45, 7) is 1.00. The zero-order valence-electron chi connectivity index (χ0n) is 14.0. The highest BCUT2D eigenvalue weighted by molar-refractivity contribution is 7.89. The molecule has 1 aliphatic rings. The van der Waals surface area contributed by atoms with Crippen molar-refractivity contribution in [3.63, 3.8) is 0 Å². The SMILES string of the molecule is NS(=O)(=O)c1cccc(C(=O)N2CCC(Oc3cccc(O)c3)CC2)c1. The monoisotopic (exact) mass is 376 g/mol. The number of phenolic OH excluding ortho intramolecular Hbond substituents is 1. The molecule has 0 aromatic heterocycles. The molecule has 1 fully saturated rings. The predicted molar refractivity (Wildman–Crippen MR) is 95.5 cm³/mol. The topological polar surface area (TPSA) is 110 Å². The van der Waals surface area contributed by atoms with Crippen LogP contribution < -0.4 is 9.88 Å². The molecule has 3 N–H and O–H groups in total. The largest absolute Gasteiger partial charge is 0.508 e. The third-order valence-corrected chi connectivity index (χ3v) is 5.17. The van der Waals surface area contributed by atoms with Crippen LogP contribution in [0.3, 0.4) is 0 Å². The van der Waals surface area contributed by atoms with E-state index in [4.69, 9.17) is 9.88 Å². The van der Waals surface area contributed by atoms with E-state index in [9.17, 15) is 18.3 Å². The minimum Gasteiger partial charge on any atom is -0.508 e. The van der Waals surface area contributed by atoms with Crippen LogP contribution in [0.25, 0.3) is 0 Å². The minimum absolute atomic E-state index is 0.0448. The Bertz CT molecular complexity index is 905. The number of nitrogens with zero attached hydrogens (tertiary/aromatic N) is 1. The van der Waals surface area contributed by atoms with Crippen molar-refractivity contribution in [2.75, 3.05) is 13.1 Å². The Morgan fingerprint density at radius 1 is 1.12 bits per heavy atom. The van der Waals surface area contributed by atoms with E-state index in [0.717, 1.165) is 0 Å². The second-order valence-corrected chi connectivity index (χ2v) is 7.74. The third-order valence-electron chi connectivity index (χ3n) is 4.26. The quantitative estimate of drug-likeness (QED) is 0.844. The molecule has 0 aliphatic carbocycles. The van der Waals surface area contributed by atoms with Gasteiger partial charge in [0.15, 0.2) is 0 Å². The van der Waals surface area contributed by atoms with Gasteiger partial charge in [-0.2, -0.15) is 0 Å². The van der Waals surface area contributed by atoms with E-state index >= 15 is 0 Å². The number of primary sulfonamides is 1. The van der Waals surface area contributed by atoms with E-state index in [1.165, 1.54) is 18.2 Å². The molecule has 7 nitrogen and oxygen atoms in total. The fourth-order valence-electron chi connectivity index (χ4n) is 2.91. The summed E-state index contributed by atoms with van der Waals surface area (Å²) < 4.78 is 28.7. The molecule has 0 spiro atoms. The van der Waals surface area contributed by atoms with Gasteiger partial charge in [0.05, 0.1) is 4.90 Å². The molecular weight excluding hydrogens is 356 g/mol. The maximum atomic E-state index is 12.6. The number of hydrogen-bond acceptors (Lipinski definition) is 5. The smallest absolute Gasteiger partial charge is 0.253 e. The summed E-state index contributed by atoms with van der Waals surface area (Å²) in [6.07, 6.45) is 1.25. The van der Waals surface area contributed by atoms with Crippen LogP contribution in [-0.4, -0.2) is 43.5 Å². The Balaban J connectivity index is 1.62. The number of ether oxygens (including phenoxy) is 1. The summed E-state index contributed by atoms with van der Waals surface area (Å²) in [4.78, 5) is 14.2. The number of piperidine rings is 1. The van der Waals surface area contributed by atoms with E-state index in [2.05, 4.69) is 0 Å². The van der Waals surface area contributed by atoms with Crippen molar-refractivity contribution in [3.05, 3.63) is 54.1 Å². The zero-order valence-corrected chi connectivity index (χ0v) is 14.9. The van der Waals surface area contributed by atoms with Crippen LogP contribution in [0.2, 0.25) is 0 Å². The highest BCUT2D eigenvalue weighted by atomic mass is 32.2. The average molecular weight is 376 g/mol. The molecule has 8 heteroatoms. The number of nitrogens with two attached hydrogens (primary N) is 1. The first-order chi connectivity index (χ1) is 12.3. The standard InChI is InChI=1S/C18H20N2O5S/c19-26(23,24)17-6-1-3-13(11-17)18(22)20-9-7-15(8-10-20)25-16-5-2-4-14(21)12-16/h1-6,11-12,15,21H,7-10H2,(H2,19,23,24). The lowest BCUT2D eigenvalue weighted by atomic mass is 10.1. The first kappa shape index (κ1) is 18.2. The second kappa shape index (κ2) is 7.35. The maximum Gasteiger partial charge on any atom is 0.253 e. The molecule has 1 saturated heterocycles. The Labute approximate surface area is 152 Å². The number of carbonyl (C=O) groups excluding carboxylic acids is 1. The summed E-state index contributed by atoms with van der Waals surface area (Å²) in [5, 5.41) is 14.6. The van der Waals surface area contributed by atoms with Gasteiger partial charge in [-0.1, -0.05) is 12.1 Å². The lowest BCUT2D eigenvalue weighted by Gasteiger charge is -2.32. The van der Waals surface area contributed by atoms with E-state index in [1.54, 1.807) is 35.2 Å². The Hall–Kier alpha value is -2.58. The van der Waals surface area contributed by atoms with Crippen molar-refractivity contribution in [3.8, 4) is 11.5 Å². The number of hydrogen-bond donors (Lipinski definition) is 2. The van der Waals surface area contributed by atoms with Crippen LogP contribution in [0, 0.1) is 0 Å². The Morgan fingerprint density at radius 2 is 1.81 bits per heavy atom. The lowest BCUT2D eigenvalue weighted by molar-refractivity contribution is 0.0595. The van der Waals surface area contributed by atoms with Crippen LogP contribution in [-0.2, 0) is 10.0 Å². The van der Waals surface area contributed by atoms with Gasteiger partial charge in [-0.15, -0.1) is 0 Å². The number of likely N-dealkylation sites (tertiary alicyclic amines) is 1. The first-order valence-electron chi connectivity index (χ1n) is 8.21. The van der Waals surface area contributed by atoms with Crippen molar-refractivity contribution in [1.82, 2.24) is 4.90 Å². The molecule has 2 aromatic carbocycles.